The summed E-state index contributed by atoms with van der Waals surface area (Å²) in [6.07, 6.45) is 0. The van der Waals surface area contributed by atoms with Crippen molar-refractivity contribution in [2.45, 2.75) is 10.6 Å². The number of thioether (sulfide) groups is 1. The van der Waals surface area contributed by atoms with Crippen LogP contribution >= 0.6 is 27.7 Å². The van der Waals surface area contributed by atoms with Crippen LogP contribution in [0.5, 0.6) is 0 Å². The lowest BCUT2D eigenvalue weighted by Crippen LogP contribution is -2.10. The van der Waals surface area contributed by atoms with Gasteiger partial charge in [0, 0.05) is 20.7 Å². The van der Waals surface area contributed by atoms with Crippen molar-refractivity contribution >= 4 is 33.5 Å². The molecule has 0 atom stereocenters. The monoisotopic (exact) mass is 320 g/mol. The molecule has 92 valence electrons. The Morgan fingerprint density at radius 1 is 1.17 bits per heavy atom. The molecule has 0 bridgehead atoms. The average Bonchev–Trinajstić information content (AvgIpc) is 2.37. The Labute approximate surface area is 119 Å². The second-order valence-corrected chi connectivity index (χ2v) is 5.82. The van der Waals surface area contributed by atoms with E-state index in [0.717, 1.165) is 15.8 Å². The molecule has 2 aromatic carbocycles. The molecule has 0 aliphatic rings. The molecule has 4 heteroatoms. The Hall–Kier alpha value is -1.26. The van der Waals surface area contributed by atoms with Gasteiger partial charge in [-0.15, -0.1) is 11.8 Å². The molecule has 0 unspecified atom stereocenters. The van der Waals surface area contributed by atoms with Gasteiger partial charge in [-0.3, -0.25) is 5.41 Å². The molecule has 0 saturated carbocycles. The largest absolute Gasteiger partial charge is 0.384 e. The van der Waals surface area contributed by atoms with Gasteiger partial charge in [0.05, 0.1) is 0 Å². The van der Waals surface area contributed by atoms with Crippen LogP contribution in [0, 0.1) is 5.41 Å². The van der Waals surface area contributed by atoms with E-state index >= 15 is 0 Å². The molecule has 0 aliphatic carbocycles. The Bertz CT molecular complexity index is 569. The van der Waals surface area contributed by atoms with E-state index in [9.17, 15) is 0 Å². The molecule has 18 heavy (non-hydrogen) atoms. The van der Waals surface area contributed by atoms with Crippen molar-refractivity contribution in [3.63, 3.8) is 0 Å². The highest BCUT2D eigenvalue weighted by molar-refractivity contribution is 9.10. The third-order valence-electron chi connectivity index (χ3n) is 2.44. The summed E-state index contributed by atoms with van der Waals surface area (Å²) in [7, 11) is 0. The minimum Gasteiger partial charge on any atom is -0.384 e. The summed E-state index contributed by atoms with van der Waals surface area (Å²) in [5, 5.41) is 7.42. The van der Waals surface area contributed by atoms with Crippen LogP contribution < -0.4 is 5.73 Å². The SMILES string of the molecule is N=C(N)c1cccc(CSc2cccc(Br)c2)c1. The first-order valence-electron chi connectivity index (χ1n) is 5.47. The van der Waals surface area contributed by atoms with Crippen molar-refractivity contribution in [2.24, 2.45) is 5.73 Å². The van der Waals surface area contributed by atoms with Crippen LogP contribution in [0.1, 0.15) is 11.1 Å². The van der Waals surface area contributed by atoms with E-state index in [-0.39, 0.29) is 5.84 Å². The maximum Gasteiger partial charge on any atom is 0.122 e. The summed E-state index contributed by atoms with van der Waals surface area (Å²) in [4.78, 5) is 1.22. The topological polar surface area (TPSA) is 49.9 Å². The van der Waals surface area contributed by atoms with Crippen LogP contribution in [0.15, 0.2) is 57.9 Å². The number of halogens is 1. The Morgan fingerprint density at radius 2 is 1.94 bits per heavy atom. The molecule has 2 nitrogen and oxygen atoms in total. The van der Waals surface area contributed by atoms with E-state index in [1.54, 1.807) is 11.8 Å². The Morgan fingerprint density at radius 3 is 2.67 bits per heavy atom. The number of rotatable bonds is 4. The fourth-order valence-corrected chi connectivity index (χ4v) is 3.00. The fraction of sp³-hybridized carbons (Fsp3) is 0.0714. The first-order chi connectivity index (χ1) is 8.65. The van der Waals surface area contributed by atoms with Gasteiger partial charge in [-0.25, -0.2) is 0 Å². The highest BCUT2D eigenvalue weighted by Crippen LogP contribution is 2.25. The Balaban J connectivity index is 2.06. The van der Waals surface area contributed by atoms with Crippen molar-refractivity contribution in [1.82, 2.24) is 0 Å². The van der Waals surface area contributed by atoms with Gasteiger partial charge in [0.2, 0.25) is 0 Å². The number of amidine groups is 1. The number of hydrogen-bond donors (Lipinski definition) is 2. The van der Waals surface area contributed by atoms with Gasteiger partial charge < -0.3 is 5.73 Å². The molecule has 2 aromatic rings. The van der Waals surface area contributed by atoms with Crippen LogP contribution in [0.3, 0.4) is 0 Å². The van der Waals surface area contributed by atoms with E-state index in [4.69, 9.17) is 11.1 Å². The molecule has 0 aromatic heterocycles. The smallest absolute Gasteiger partial charge is 0.122 e. The van der Waals surface area contributed by atoms with Crippen LogP contribution in [0.4, 0.5) is 0 Å². The van der Waals surface area contributed by atoms with Crippen LogP contribution in [-0.2, 0) is 5.75 Å². The predicted molar refractivity (Wildman–Crippen MR) is 81.2 cm³/mol. The minimum atomic E-state index is 0.115. The van der Waals surface area contributed by atoms with Crippen LogP contribution in [0.25, 0.3) is 0 Å². The zero-order valence-corrected chi connectivity index (χ0v) is 12.1. The quantitative estimate of drug-likeness (QED) is 0.507. The van der Waals surface area contributed by atoms with E-state index in [1.807, 2.05) is 30.3 Å². The lowest BCUT2D eigenvalue weighted by Gasteiger charge is -2.05. The van der Waals surface area contributed by atoms with Gasteiger partial charge in [0.15, 0.2) is 0 Å². The van der Waals surface area contributed by atoms with Crippen molar-refractivity contribution in [3.8, 4) is 0 Å². The summed E-state index contributed by atoms with van der Waals surface area (Å²) in [5.74, 6) is 0.988. The number of hydrogen-bond acceptors (Lipinski definition) is 2. The van der Waals surface area contributed by atoms with Gasteiger partial charge in [-0.1, -0.05) is 40.2 Å². The normalized spacial score (nSPS) is 10.3. The highest BCUT2D eigenvalue weighted by atomic mass is 79.9. The summed E-state index contributed by atoms with van der Waals surface area (Å²) in [6, 6.07) is 16.0. The molecule has 0 heterocycles. The summed E-state index contributed by atoms with van der Waals surface area (Å²) in [5.41, 5.74) is 7.43. The first-order valence-corrected chi connectivity index (χ1v) is 7.25. The molecule has 2 rings (SSSR count). The predicted octanol–water partition coefficient (Wildman–Crippen LogP) is 4.03. The second kappa shape index (κ2) is 6.07. The van der Waals surface area contributed by atoms with Crippen LogP contribution in [0.2, 0.25) is 0 Å². The zero-order valence-electron chi connectivity index (χ0n) is 9.69. The lowest BCUT2D eigenvalue weighted by atomic mass is 10.1. The van der Waals surface area contributed by atoms with Gasteiger partial charge >= 0.3 is 0 Å². The van der Waals surface area contributed by atoms with E-state index < -0.39 is 0 Å². The van der Waals surface area contributed by atoms with Crippen molar-refractivity contribution in [3.05, 3.63) is 64.1 Å². The first kappa shape index (κ1) is 13.2. The molecular formula is C14H13BrN2S. The maximum atomic E-state index is 7.42. The fourth-order valence-electron chi connectivity index (χ4n) is 1.55. The third kappa shape index (κ3) is 3.62. The molecule has 0 saturated heterocycles. The van der Waals surface area contributed by atoms with E-state index in [1.165, 1.54) is 10.5 Å². The number of nitrogens with two attached hydrogens (primary N) is 1. The van der Waals surface area contributed by atoms with E-state index in [2.05, 4.69) is 34.1 Å². The molecule has 0 fully saturated rings. The van der Waals surface area contributed by atoms with E-state index in [0.29, 0.717) is 0 Å². The Kier molecular flexibility index (Phi) is 4.44. The number of nitrogens with one attached hydrogen (secondary N) is 1. The molecular weight excluding hydrogens is 308 g/mol. The average molecular weight is 321 g/mol. The van der Waals surface area contributed by atoms with Crippen molar-refractivity contribution in [1.29, 1.82) is 5.41 Å². The molecule has 3 N–H and O–H groups in total. The van der Waals surface area contributed by atoms with Gasteiger partial charge in [0.25, 0.3) is 0 Å². The molecule has 0 spiro atoms. The second-order valence-electron chi connectivity index (χ2n) is 3.86. The summed E-state index contributed by atoms with van der Waals surface area (Å²) < 4.78 is 1.09. The van der Waals surface area contributed by atoms with Crippen LogP contribution in [-0.4, -0.2) is 5.84 Å². The molecule has 0 radical (unpaired) electrons. The lowest BCUT2D eigenvalue weighted by molar-refractivity contribution is 1.35. The standard InChI is InChI=1S/C14H13BrN2S/c15-12-5-2-6-13(8-12)18-9-10-3-1-4-11(7-10)14(16)17/h1-8H,9H2,(H3,16,17). The number of nitrogen functional groups attached to an aromatic ring is 1. The van der Waals surface area contributed by atoms with Gasteiger partial charge in [0.1, 0.15) is 5.84 Å². The van der Waals surface area contributed by atoms with Gasteiger partial charge in [-0.05, 0) is 29.8 Å². The zero-order chi connectivity index (χ0) is 13.0. The number of benzene rings is 2. The van der Waals surface area contributed by atoms with Gasteiger partial charge in [-0.2, -0.15) is 0 Å². The van der Waals surface area contributed by atoms with Crippen molar-refractivity contribution in [2.75, 3.05) is 0 Å². The summed E-state index contributed by atoms with van der Waals surface area (Å²) >= 11 is 5.23. The summed E-state index contributed by atoms with van der Waals surface area (Å²) in [6.45, 7) is 0. The highest BCUT2D eigenvalue weighted by Gasteiger charge is 2.00. The maximum absolute atomic E-state index is 7.42. The third-order valence-corrected chi connectivity index (χ3v) is 4.00. The van der Waals surface area contributed by atoms with Crippen molar-refractivity contribution < 1.29 is 0 Å². The molecule has 0 amide bonds. The molecule has 0 aliphatic heterocycles. The minimum absolute atomic E-state index is 0.115.